The molecule has 208 valence electrons. The summed E-state index contributed by atoms with van der Waals surface area (Å²) in [4.78, 5) is 49.0. The molecule has 9 nitrogen and oxygen atoms in total. The molecule has 0 aliphatic heterocycles. The Morgan fingerprint density at radius 1 is 0.838 bits per heavy atom. The van der Waals surface area contributed by atoms with E-state index < -0.39 is 30.1 Å². The Labute approximate surface area is 220 Å². The van der Waals surface area contributed by atoms with E-state index in [1.807, 2.05) is 27.7 Å². The van der Waals surface area contributed by atoms with Gasteiger partial charge in [-0.15, -0.1) is 0 Å². The summed E-state index contributed by atoms with van der Waals surface area (Å²) < 4.78 is 21.5. The van der Waals surface area contributed by atoms with Gasteiger partial charge in [0, 0.05) is 6.42 Å². The average molecular weight is 522 g/mol. The number of esters is 4. The van der Waals surface area contributed by atoms with Gasteiger partial charge in [0.05, 0.1) is 11.8 Å². The number of carbonyl (C=O) groups is 4. The molecule has 37 heavy (non-hydrogen) atoms. The zero-order valence-corrected chi connectivity index (χ0v) is 23.2. The number of ether oxygens (including phenoxy) is 4. The summed E-state index contributed by atoms with van der Waals surface area (Å²) in [6.07, 6.45) is 1.66. The van der Waals surface area contributed by atoms with Crippen molar-refractivity contribution in [3.8, 4) is 11.5 Å². The van der Waals surface area contributed by atoms with Crippen LogP contribution < -0.4 is 15.2 Å². The summed E-state index contributed by atoms with van der Waals surface area (Å²) in [6.45, 7) is 12.8. The molecule has 9 heteroatoms. The number of benzene rings is 1. The second-order valence-corrected chi connectivity index (χ2v) is 9.92. The van der Waals surface area contributed by atoms with Crippen molar-refractivity contribution in [3.63, 3.8) is 0 Å². The molecule has 0 spiro atoms. The molecule has 0 aliphatic rings. The molecule has 0 radical (unpaired) electrons. The van der Waals surface area contributed by atoms with E-state index in [1.165, 1.54) is 12.1 Å². The van der Waals surface area contributed by atoms with E-state index in [4.69, 9.17) is 24.7 Å². The van der Waals surface area contributed by atoms with Gasteiger partial charge in [0.15, 0.2) is 11.5 Å². The molecule has 0 amide bonds. The molecule has 1 aromatic rings. The van der Waals surface area contributed by atoms with Crippen LogP contribution in [0.3, 0.4) is 0 Å². The molecule has 0 fully saturated rings. The highest BCUT2D eigenvalue weighted by Gasteiger charge is 2.23. The van der Waals surface area contributed by atoms with Crippen LogP contribution in [0.15, 0.2) is 18.2 Å². The highest BCUT2D eigenvalue weighted by atomic mass is 16.6. The van der Waals surface area contributed by atoms with E-state index in [0.29, 0.717) is 30.7 Å². The van der Waals surface area contributed by atoms with Crippen LogP contribution in [0.1, 0.15) is 79.7 Å². The van der Waals surface area contributed by atoms with E-state index in [2.05, 4.69) is 0 Å². The Morgan fingerprint density at radius 3 is 1.95 bits per heavy atom. The van der Waals surface area contributed by atoms with Crippen molar-refractivity contribution >= 4 is 23.9 Å². The molecule has 1 rings (SSSR count). The van der Waals surface area contributed by atoms with E-state index >= 15 is 0 Å². The molecule has 4 atom stereocenters. The van der Waals surface area contributed by atoms with Gasteiger partial charge in [0.2, 0.25) is 0 Å². The second-order valence-electron chi connectivity index (χ2n) is 9.92. The molecule has 2 unspecified atom stereocenters. The first-order valence-electron chi connectivity index (χ1n) is 13.1. The van der Waals surface area contributed by atoms with Gasteiger partial charge in [-0.2, -0.15) is 0 Å². The number of hydrogen-bond acceptors (Lipinski definition) is 9. The molecule has 0 aliphatic carbocycles. The third-order valence-corrected chi connectivity index (χ3v) is 5.94. The fraction of sp³-hybridized carbons (Fsp3) is 0.643. The minimum atomic E-state index is -1.01. The van der Waals surface area contributed by atoms with Crippen molar-refractivity contribution in [1.82, 2.24) is 0 Å². The third-order valence-electron chi connectivity index (χ3n) is 5.94. The molecule has 0 aromatic heterocycles. The normalized spacial score (nSPS) is 14.3. The average Bonchev–Trinajstić information content (AvgIpc) is 2.86. The minimum Gasteiger partial charge on any atom is -0.462 e. The van der Waals surface area contributed by atoms with Crippen LogP contribution in [0.25, 0.3) is 0 Å². The summed E-state index contributed by atoms with van der Waals surface area (Å²) in [5, 5.41) is 0. The SMILES string of the molecule is CCC(C)C(=O)Oc1ccc(C[C@H](N)C(=O)O[C@@H](C)COC(=O)CCC(C)C)cc1OC(=O)C(C)CC. The van der Waals surface area contributed by atoms with Crippen molar-refractivity contribution in [1.29, 1.82) is 0 Å². The molecule has 0 saturated heterocycles. The quantitative estimate of drug-likeness (QED) is 0.264. The number of carbonyl (C=O) groups excluding carboxylic acids is 4. The predicted molar refractivity (Wildman–Crippen MR) is 139 cm³/mol. The van der Waals surface area contributed by atoms with Crippen LogP contribution in [0.4, 0.5) is 0 Å². The number of hydrogen-bond donors (Lipinski definition) is 1. The molecule has 1 aromatic carbocycles. The first kappa shape index (κ1) is 32.1. The molecule has 2 N–H and O–H groups in total. The molecule has 0 bridgehead atoms. The van der Waals surface area contributed by atoms with Gasteiger partial charge in [-0.1, -0.05) is 47.6 Å². The summed E-state index contributed by atoms with van der Waals surface area (Å²) >= 11 is 0. The van der Waals surface area contributed by atoms with Crippen LogP contribution in [0, 0.1) is 17.8 Å². The predicted octanol–water partition coefficient (Wildman–Crippen LogP) is 4.37. The van der Waals surface area contributed by atoms with Gasteiger partial charge >= 0.3 is 23.9 Å². The van der Waals surface area contributed by atoms with Crippen LogP contribution in [-0.2, 0) is 35.1 Å². The highest BCUT2D eigenvalue weighted by Crippen LogP contribution is 2.31. The smallest absolute Gasteiger partial charge is 0.323 e. The maximum absolute atomic E-state index is 12.5. The highest BCUT2D eigenvalue weighted by molar-refractivity contribution is 5.79. The summed E-state index contributed by atoms with van der Waals surface area (Å²) in [6, 6.07) is 3.69. The lowest BCUT2D eigenvalue weighted by molar-refractivity contribution is -0.159. The Kier molecular flexibility index (Phi) is 13.9. The maximum Gasteiger partial charge on any atom is 0.323 e. The van der Waals surface area contributed by atoms with Gasteiger partial charge in [-0.25, -0.2) is 0 Å². The van der Waals surface area contributed by atoms with Crippen molar-refractivity contribution in [3.05, 3.63) is 23.8 Å². The largest absolute Gasteiger partial charge is 0.462 e. The fourth-order valence-electron chi connectivity index (χ4n) is 2.94. The van der Waals surface area contributed by atoms with Crippen LogP contribution in [-0.4, -0.2) is 42.6 Å². The van der Waals surface area contributed by atoms with Crippen molar-refractivity contribution in [2.75, 3.05) is 6.61 Å². The lowest BCUT2D eigenvalue weighted by atomic mass is 10.1. The first-order valence-corrected chi connectivity index (χ1v) is 13.1. The summed E-state index contributed by atoms with van der Waals surface area (Å²) in [5.41, 5.74) is 6.65. The lowest BCUT2D eigenvalue weighted by Crippen LogP contribution is -2.37. The molecule has 0 heterocycles. The Bertz CT molecular complexity index is 913. The van der Waals surface area contributed by atoms with Gasteiger partial charge in [-0.05, 0) is 56.2 Å². The minimum absolute atomic E-state index is 0.0542. The second kappa shape index (κ2) is 16.0. The van der Waals surface area contributed by atoms with E-state index in [9.17, 15) is 19.2 Å². The summed E-state index contributed by atoms with van der Waals surface area (Å²) in [5.74, 6) is -1.96. The Balaban J connectivity index is 2.85. The van der Waals surface area contributed by atoms with E-state index in [0.717, 1.165) is 6.42 Å². The first-order chi connectivity index (χ1) is 17.4. The van der Waals surface area contributed by atoms with Gasteiger partial charge in [-0.3, -0.25) is 19.2 Å². The zero-order valence-electron chi connectivity index (χ0n) is 23.2. The van der Waals surface area contributed by atoms with Crippen LogP contribution in [0.2, 0.25) is 0 Å². The number of rotatable bonds is 15. The Morgan fingerprint density at radius 2 is 1.41 bits per heavy atom. The van der Waals surface area contributed by atoms with Crippen molar-refractivity contribution in [2.45, 2.75) is 92.7 Å². The molecular formula is C28H43NO8. The Hall–Kier alpha value is -2.94. The lowest BCUT2D eigenvalue weighted by Gasteiger charge is -2.18. The number of nitrogens with two attached hydrogens (primary N) is 1. The van der Waals surface area contributed by atoms with Gasteiger partial charge in [0.25, 0.3) is 0 Å². The van der Waals surface area contributed by atoms with Crippen molar-refractivity contribution < 1.29 is 38.1 Å². The monoisotopic (exact) mass is 521 g/mol. The molecule has 0 saturated carbocycles. The van der Waals surface area contributed by atoms with Crippen molar-refractivity contribution in [2.24, 2.45) is 23.5 Å². The summed E-state index contributed by atoms with van der Waals surface area (Å²) in [7, 11) is 0. The van der Waals surface area contributed by atoms with Crippen LogP contribution in [0.5, 0.6) is 11.5 Å². The maximum atomic E-state index is 12.5. The fourth-order valence-corrected chi connectivity index (χ4v) is 2.94. The standard InChI is InChI=1S/C28H43NO8/c1-8-18(5)26(31)36-23-12-11-21(15-24(23)37-27(32)19(6)9-2)14-22(29)28(33)35-20(7)16-34-25(30)13-10-17(3)4/h11-12,15,17-20,22H,8-10,13-14,16,29H2,1-7H3/t18?,19?,20-,22-/m0/s1. The zero-order chi connectivity index (χ0) is 28.1. The van der Waals surface area contributed by atoms with Gasteiger partial charge < -0.3 is 24.7 Å². The topological polar surface area (TPSA) is 131 Å². The van der Waals surface area contributed by atoms with E-state index in [1.54, 1.807) is 26.8 Å². The van der Waals surface area contributed by atoms with Gasteiger partial charge in [0.1, 0.15) is 18.8 Å². The van der Waals surface area contributed by atoms with Crippen LogP contribution >= 0.6 is 0 Å². The third kappa shape index (κ3) is 11.8. The van der Waals surface area contributed by atoms with E-state index in [-0.39, 0.29) is 42.3 Å². The molecular weight excluding hydrogens is 478 g/mol.